The number of benzene rings is 2. The summed E-state index contributed by atoms with van der Waals surface area (Å²) in [5, 5.41) is 0. The summed E-state index contributed by atoms with van der Waals surface area (Å²) in [6, 6.07) is 21.1. The van der Waals surface area contributed by atoms with Gasteiger partial charge in [-0.05, 0) is 72.6 Å². The second-order valence-electron chi connectivity index (χ2n) is 6.69. The summed E-state index contributed by atoms with van der Waals surface area (Å²) in [5.41, 5.74) is 2.43. The predicted octanol–water partition coefficient (Wildman–Crippen LogP) is 4.92. The Labute approximate surface area is 175 Å². The maximum atomic E-state index is 12.7. The van der Waals surface area contributed by atoms with Gasteiger partial charge < -0.3 is 9.15 Å². The first-order valence-electron chi connectivity index (χ1n) is 9.33. The van der Waals surface area contributed by atoms with E-state index in [1.165, 1.54) is 12.1 Å². The standard InChI is InChI=1S/C23H20N2O4S/c1-17-5-2-3-6-22(17)29-19-8-10-20(11-9-19)30(26,27)25-16-18-12-13-24-21(15-18)23-7-4-14-28-23/h2-15,25H,16H2,1H3. The molecule has 0 spiro atoms. The minimum Gasteiger partial charge on any atom is -0.463 e. The number of rotatable bonds is 7. The van der Waals surface area contributed by atoms with E-state index in [-0.39, 0.29) is 11.4 Å². The second-order valence-corrected chi connectivity index (χ2v) is 8.46. The monoisotopic (exact) mass is 420 g/mol. The van der Waals surface area contributed by atoms with Gasteiger partial charge in [0.2, 0.25) is 10.0 Å². The van der Waals surface area contributed by atoms with Crippen LogP contribution in [0.25, 0.3) is 11.5 Å². The molecule has 7 heteroatoms. The number of sulfonamides is 1. The average Bonchev–Trinajstić information content (AvgIpc) is 3.30. The van der Waals surface area contributed by atoms with Crippen molar-refractivity contribution >= 4 is 10.0 Å². The highest BCUT2D eigenvalue weighted by Gasteiger charge is 2.14. The van der Waals surface area contributed by atoms with E-state index in [0.29, 0.717) is 17.2 Å². The van der Waals surface area contributed by atoms with Gasteiger partial charge in [-0.2, -0.15) is 0 Å². The third-order valence-corrected chi connectivity index (χ3v) is 5.94. The smallest absolute Gasteiger partial charge is 0.240 e. The van der Waals surface area contributed by atoms with Crippen molar-refractivity contribution in [3.05, 3.63) is 96.4 Å². The molecular formula is C23H20N2O4S. The Balaban J connectivity index is 1.44. The summed E-state index contributed by atoms with van der Waals surface area (Å²) < 4.78 is 39.1. The van der Waals surface area contributed by atoms with E-state index in [1.807, 2.05) is 31.2 Å². The summed E-state index contributed by atoms with van der Waals surface area (Å²) in [6.07, 6.45) is 3.19. The van der Waals surface area contributed by atoms with Gasteiger partial charge >= 0.3 is 0 Å². The molecular weight excluding hydrogens is 400 g/mol. The fourth-order valence-corrected chi connectivity index (χ4v) is 3.91. The zero-order valence-corrected chi connectivity index (χ0v) is 17.1. The number of pyridine rings is 1. The molecule has 0 aliphatic heterocycles. The van der Waals surface area contributed by atoms with Crippen molar-refractivity contribution in [2.75, 3.05) is 0 Å². The topological polar surface area (TPSA) is 81.4 Å². The molecule has 0 saturated carbocycles. The van der Waals surface area contributed by atoms with Crippen molar-refractivity contribution in [3.63, 3.8) is 0 Å². The number of hydrogen-bond acceptors (Lipinski definition) is 5. The Morgan fingerprint density at radius 1 is 1.00 bits per heavy atom. The molecule has 1 N–H and O–H groups in total. The molecule has 4 rings (SSSR count). The maximum absolute atomic E-state index is 12.7. The van der Waals surface area contributed by atoms with Crippen LogP contribution >= 0.6 is 0 Å². The lowest BCUT2D eigenvalue weighted by Gasteiger charge is -2.10. The SMILES string of the molecule is Cc1ccccc1Oc1ccc(S(=O)(=O)NCc2ccnc(-c3ccco3)c2)cc1. The summed E-state index contributed by atoms with van der Waals surface area (Å²) in [4.78, 5) is 4.42. The number of ether oxygens (including phenoxy) is 1. The van der Waals surface area contributed by atoms with E-state index in [9.17, 15) is 8.42 Å². The summed E-state index contributed by atoms with van der Waals surface area (Å²) >= 11 is 0. The number of furan rings is 1. The summed E-state index contributed by atoms with van der Waals surface area (Å²) in [7, 11) is -3.67. The number of aromatic nitrogens is 1. The first-order valence-corrected chi connectivity index (χ1v) is 10.8. The van der Waals surface area contributed by atoms with Crippen molar-refractivity contribution in [2.45, 2.75) is 18.4 Å². The molecule has 4 aromatic rings. The van der Waals surface area contributed by atoms with Gasteiger partial charge in [0.15, 0.2) is 5.76 Å². The van der Waals surface area contributed by atoms with Crippen molar-refractivity contribution in [1.82, 2.24) is 9.71 Å². The molecule has 0 atom stereocenters. The molecule has 2 aromatic carbocycles. The second kappa shape index (κ2) is 8.52. The molecule has 0 bridgehead atoms. The van der Waals surface area contributed by atoms with Crippen molar-refractivity contribution < 1.29 is 17.6 Å². The number of nitrogens with zero attached hydrogens (tertiary/aromatic N) is 1. The molecule has 0 unspecified atom stereocenters. The Morgan fingerprint density at radius 2 is 1.80 bits per heavy atom. The quantitative estimate of drug-likeness (QED) is 0.459. The van der Waals surface area contributed by atoms with Crippen LogP contribution in [0.4, 0.5) is 0 Å². The predicted molar refractivity (Wildman–Crippen MR) is 114 cm³/mol. The highest BCUT2D eigenvalue weighted by Crippen LogP contribution is 2.25. The lowest BCUT2D eigenvalue weighted by atomic mass is 10.2. The van der Waals surface area contributed by atoms with Gasteiger partial charge in [0.25, 0.3) is 0 Å². The average molecular weight is 420 g/mol. The van der Waals surface area contributed by atoms with Crippen LogP contribution in [0.5, 0.6) is 11.5 Å². The Hall–Kier alpha value is -3.42. The lowest BCUT2D eigenvalue weighted by molar-refractivity contribution is 0.478. The lowest BCUT2D eigenvalue weighted by Crippen LogP contribution is -2.23. The van der Waals surface area contributed by atoms with E-state index in [2.05, 4.69) is 9.71 Å². The molecule has 2 heterocycles. The fraction of sp³-hybridized carbons (Fsp3) is 0.0870. The molecule has 0 aliphatic carbocycles. The minimum atomic E-state index is -3.67. The van der Waals surface area contributed by atoms with Gasteiger partial charge in [-0.1, -0.05) is 18.2 Å². The van der Waals surface area contributed by atoms with Gasteiger partial charge in [0.05, 0.1) is 11.2 Å². The van der Waals surface area contributed by atoms with Gasteiger partial charge in [-0.15, -0.1) is 0 Å². The van der Waals surface area contributed by atoms with Crippen LogP contribution in [0.3, 0.4) is 0 Å². The number of hydrogen-bond donors (Lipinski definition) is 1. The van der Waals surface area contributed by atoms with E-state index in [0.717, 1.165) is 16.9 Å². The van der Waals surface area contributed by atoms with E-state index >= 15 is 0 Å². The summed E-state index contributed by atoms with van der Waals surface area (Å²) in [5.74, 6) is 1.93. The van der Waals surface area contributed by atoms with Crippen LogP contribution in [-0.2, 0) is 16.6 Å². The van der Waals surface area contributed by atoms with Gasteiger partial charge in [-0.3, -0.25) is 4.98 Å². The number of aryl methyl sites for hydroxylation is 1. The molecule has 0 amide bonds. The molecule has 152 valence electrons. The maximum Gasteiger partial charge on any atom is 0.240 e. The van der Waals surface area contributed by atoms with Gasteiger partial charge in [0, 0.05) is 12.7 Å². The Kier molecular flexibility index (Phi) is 5.65. The Morgan fingerprint density at radius 3 is 2.53 bits per heavy atom. The van der Waals surface area contributed by atoms with E-state index in [4.69, 9.17) is 9.15 Å². The third kappa shape index (κ3) is 4.59. The molecule has 30 heavy (non-hydrogen) atoms. The van der Waals surface area contributed by atoms with Crippen molar-refractivity contribution in [3.8, 4) is 23.0 Å². The largest absolute Gasteiger partial charge is 0.463 e. The van der Waals surface area contributed by atoms with Crippen LogP contribution in [0.1, 0.15) is 11.1 Å². The number of nitrogens with one attached hydrogen (secondary N) is 1. The van der Waals surface area contributed by atoms with Crippen LogP contribution in [-0.4, -0.2) is 13.4 Å². The normalized spacial score (nSPS) is 11.4. The molecule has 0 saturated heterocycles. The zero-order chi connectivity index (χ0) is 21.0. The molecule has 0 fully saturated rings. The fourth-order valence-electron chi connectivity index (χ4n) is 2.89. The third-order valence-electron chi connectivity index (χ3n) is 4.52. The zero-order valence-electron chi connectivity index (χ0n) is 16.3. The van der Waals surface area contributed by atoms with Crippen LogP contribution in [0.15, 0.2) is 94.6 Å². The van der Waals surface area contributed by atoms with Crippen molar-refractivity contribution in [2.24, 2.45) is 0 Å². The molecule has 6 nitrogen and oxygen atoms in total. The molecule has 0 radical (unpaired) electrons. The van der Waals surface area contributed by atoms with Gasteiger partial charge in [0.1, 0.15) is 17.2 Å². The molecule has 2 aromatic heterocycles. The van der Waals surface area contributed by atoms with E-state index in [1.54, 1.807) is 48.9 Å². The first kappa shape index (κ1) is 19.9. The summed E-state index contributed by atoms with van der Waals surface area (Å²) in [6.45, 7) is 2.09. The molecule has 0 aliphatic rings. The Bertz CT molecular complexity index is 1230. The van der Waals surface area contributed by atoms with Crippen LogP contribution in [0, 0.1) is 6.92 Å². The number of para-hydroxylation sites is 1. The van der Waals surface area contributed by atoms with Crippen LogP contribution < -0.4 is 9.46 Å². The highest BCUT2D eigenvalue weighted by atomic mass is 32.2. The highest BCUT2D eigenvalue weighted by molar-refractivity contribution is 7.89. The minimum absolute atomic E-state index is 0.139. The first-order chi connectivity index (χ1) is 14.5. The van der Waals surface area contributed by atoms with Crippen molar-refractivity contribution in [1.29, 1.82) is 0 Å². The van der Waals surface area contributed by atoms with Crippen LogP contribution in [0.2, 0.25) is 0 Å². The van der Waals surface area contributed by atoms with E-state index < -0.39 is 10.0 Å². The van der Waals surface area contributed by atoms with Gasteiger partial charge in [-0.25, -0.2) is 13.1 Å².